The van der Waals surface area contributed by atoms with Gasteiger partial charge in [-0.3, -0.25) is 10.4 Å². The maximum atomic E-state index is 12.5. The van der Waals surface area contributed by atoms with E-state index in [2.05, 4.69) is 25.8 Å². The molecule has 1 saturated carbocycles. The van der Waals surface area contributed by atoms with Gasteiger partial charge in [0.2, 0.25) is 0 Å². The second-order valence-corrected chi connectivity index (χ2v) is 8.30. The maximum absolute atomic E-state index is 12.5. The molecule has 0 unspecified atom stereocenters. The number of hydrogen-bond acceptors (Lipinski definition) is 5. The van der Waals surface area contributed by atoms with Crippen LogP contribution in [0.5, 0.6) is 0 Å². The molecule has 0 aliphatic heterocycles. The molecule has 5 rings (SSSR count). The van der Waals surface area contributed by atoms with Crippen molar-refractivity contribution < 1.29 is 4.79 Å². The minimum Gasteiger partial charge on any atom is -0.381 e. The number of urea groups is 1. The van der Waals surface area contributed by atoms with Crippen molar-refractivity contribution in [1.29, 1.82) is 0 Å². The smallest absolute Gasteiger partial charge is 0.320 e. The van der Waals surface area contributed by atoms with Crippen LogP contribution >= 0.6 is 11.6 Å². The van der Waals surface area contributed by atoms with Crippen molar-refractivity contribution in [3.8, 4) is 22.5 Å². The molecule has 2 aromatic heterocycles. The third kappa shape index (κ3) is 3.97. The Morgan fingerprint density at radius 2 is 1.81 bits per heavy atom. The molecule has 0 radical (unpaired) electrons. The predicted molar refractivity (Wildman–Crippen MR) is 126 cm³/mol. The molecular formula is C23H22ClN7O. The zero-order valence-electron chi connectivity index (χ0n) is 17.2. The third-order valence-corrected chi connectivity index (χ3v) is 5.96. The predicted octanol–water partition coefficient (Wildman–Crippen LogP) is 4.99. The van der Waals surface area contributed by atoms with Crippen LogP contribution in [0.3, 0.4) is 0 Å². The van der Waals surface area contributed by atoms with E-state index in [1.54, 1.807) is 12.3 Å². The first-order valence-electron chi connectivity index (χ1n) is 10.5. The van der Waals surface area contributed by atoms with Gasteiger partial charge in [0.05, 0.1) is 28.1 Å². The summed E-state index contributed by atoms with van der Waals surface area (Å²) in [5.74, 6) is 0.350. The van der Waals surface area contributed by atoms with Crippen LogP contribution in [0.1, 0.15) is 25.7 Å². The van der Waals surface area contributed by atoms with Crippen LogP contribution in [0.25, 0.3) is 33.4 Å². The monoisotopic (exact) mass is 447 g/mol. The van der Waals surface area contributed by atoms with E-state index >= 15 is 0 Å². The summed E-state index contributed by atoms with van der Waals surface area (Å²) in [6.45, 7) is 0. The number of amides is 2. The largest absolute Gasteiger partial charge is 0.381 e. The number of H-pyrrole nitrogens is 1. The summed E-state index contributed by atoms with van der Waals surface area (Å²) in [6, 6.07) is 13.2. The number of nitrogens with one attached hydrogen (secondary N) is 3. The molecular weight excluding hydrogens is 426 g/mol. The van der Waals surface area contributed by atoms with Crippen LogP contribution in [-0.4, -0.2) is 32.2 Å². The van der Waals surface area contributed by atoms with Crippen molar-refractivity contribution in [2.45, 2.75) is 31.7 Å². The summed E-state index contributed by atoms with van der Waals surface area (Å²) >= 11 is 6.48. The number of nitrogen functional groups attached to an aromatic ring is 1. The number of halogens is 1. The second-order valence-electron chi connectivity index (χ2n) is 7.89. The minimum absolute atomic E-state index is 0.143. The number of nitrogens with zero attached hydrogens (tertiary/aromatic N) is 3. The van der Waals surface area contributed by atoms with Gasteiger partial charge in [-0.2, -0.15) is 5.10 Å². The number of fused-ring (bicyclic) bond motifs is 1. The molecule has 1 aliphatic carbocycles. The van der Waals surface area contributed by atoms with Crippen molar-refractivity contribution in [1.82, 2.24) is 25.5 Å². The highest BCUT2D eigenvalue weighted by Crippen LogP contribution is 2.35. The van der Waals surface area contributed by atoms with E-state index < -0.39 is 0 Å². The van der Waals surface area contributed by atoms with E-state index in [-0.39, 0.29) is 23.7 Å². The summed E-state index contributed by atoms with van der Waals surface area (Å²) < 4.78 is 0. The molecule has 4 aromatic rings. The van der Waals surface area contributed by atoms with E-state index in [0.29, 0.717) is 16.4 Å². The van der Waals surface area contributed by atoms with Gasteiger partial charge in [-0.15, -0.1) is 0 Å². The molecule has 9 heteroatoms. The number of carbonyl (C=O) groups is 1. The summed E-state index contributed by atoms with van der Waals surface area (Å²) in [7, 11) is 0. The number of hydrogen-bond donors (Lipinski definition) is 4. The number of anilines is 2. The highest BCUT2D eigenvalue weighted by molar-refractivity contribution is 6.35. The fraction of sp³-hybridized carbons (Fsp3) is 0.217. The Kier molecular flexibility index (Phi) is 5.36. The number of rotatable bonds is 4. The van der Waals surface area contributed by atoms with E-state index in [1.807, 2.05) is 36.4 Å². The van der Waals surface area contributed by atoms with Crippen LogP contribution in [0.15, 0.2) is 48.7 Å². The second kappa shape index (κ2) is 8.47. The van der Waals surface area contributed by atoms with Gasteiger partial charge in [-0.05, 0) is 25.0 Å². The number of aromatic amines is 1. The van der Waals surface area contributed by atoms with Crippen molar-refractivity contribution in [3.05, 3.63) is 53.7 Å². The number of aromatic nitrogens is 4. The third-order valence-electron chi connectivity index (χ3n) is 5.67. The highest BCUT2D eigenvalue weighted by atomic mass is 35.5. The van der Waals surface area contributed by atoms with Gasteiger partial charge in [-0.1, -0.05) is 54.8 Å². The molecule has 2 heterocycles. The first-order chi connectivity index (χ1) is 15.6. The van der Waals surface area contributed by atoms with Crippen LogP contribution in [-0.2, 0) is 0 Å². The van der Waals surface area contributed by atoms with E-state index in [9.17, 15) is 4.79 Å². The topological polar surface area (TPSA) is 122 Å². The number of carbonyl (C=O) groups excluding carboxylic acids is 1. The fourth-order valence-electron chi connectivity index (χ4n) is 4.09. The molecule has 0 saturated heterocycles. The SMILES string of the molecule is Nc1nc(-c2ccccc2)c(-c2cc(Cl)c3[nH]ncc3c2)nc1NC(=O)NC1CCCC1. The number of nitrogens with two attached hydrogens (primary N) is 1. The summed E-state index contributed by atoms with van der Waals surface area (Å²) in [6.07, 6.45) is 5.91. The molecule has 0 atom stereocenters. The van der Waals surface area contributed by atoms with Gasteiger partial charge in [0, 0.05) is 22.6 Å². The summed E-state index contributed by atoms with van der Waals surface area (Å²) in [4.78, 5) is 21.9. The quantitative estimate of drug-likeness (QED) is 0.351. The van der Waals surface area contributed by atoms with Gasteiger partial charge in [0.15, 0.2) is 11.6 Å². The molecule has 0 bridgehead atoms. The normalized spacial score (nSPS) is 14.0. The Morgan fingerprint density at radius 3 is 2.59 bits per heavy atom. The first kappa shape index (κ1) is 20.3. The lowest BCUT2D eigenvalue weighted by Gasteiger charge is -2.16. The van der Waals surface area contributed by atoms with Crippen molar-refractivity contribution in [2.75, 3.05) is 11.1 Å². The maximum Gasteiger partial charge on any atom is 0.320 e. The lowest BCUT2D eigenvalue weighted by molar-refractivity contribution is 0.248. The average Bonchev–Trinajstić information content (AvgIpc) is 3.47. The molecule has 0 spiro atoms. The van der Waals surface area contributed by atoms with E-state index in [4.69, 9.17) is 22.3 Å². The van der Waals surface area contributed by atoms with E-state index in [0.717, 1.165) is 47.7 Å². The Morgan fingerprint density at radius 1 is 1.06 bits per heavy atom. The Hall–Kier alpha value is -3.65. The Bertz CT molecular complexity index is 1280. The Labute approximate surface area is 189 Å². The van der Waals surface area contributed by atoms with Gasteiger partial charge >= 0.3 is 6.03 Å². The molecule has 162 valence electrons. The van der Waals surface area contributed by atoms with Crippen LogP contribution in [0.2, 0.25) is 5.02 Å². The van der Waals surface area contributed by atoms with Crippen LogP contribution in [0.4, 0.5) is 16.4 Å². The van der Waals surface area contributed by atoms with Crippen LogP contribution in [0, 0.1) is 0 Å². The molecule has 32 heavy (non-hydrogen) atoms. The highest BCUT2D eigenvalue weighted by Gasteiger charge is 2.21. The molecule has 2 amide bonds. The van der Waals surface area contributed by atoms with Crippen molar-refractivity contribution in [2.24, 2.45) is 0 Å². The minimum atomic E-state index is -0.334. The molecule has 5 N–H and O–H groups in total. The zero-order valence-corrected chi connectivity index (χ0v) is 18.0. The lowest BCUT2D eigenvalue weighted by Crippen LogP contribution is -2.36. The van der Waals surface area contributed by atoms with E-state index in [1.165, 1.54) is 0 Å². The average molecular weight is 448 g/mol. The fourth-order valence-corrected chi connectivity index (χ4v) is 4.36. The standard InChI is InChI=1S/C23H22ClN7O/c24-17-11-14(10-15-12-26-31-18(15)17)20-19(13-6-2-1-3-7-13)28-21(25)22(29-20)30-23(32)27-16-8-4-5-9-16/h1-3,6-7,10-12,16H,4-5,8-9H2,(H2,25,28)(H,26,31)(H2,27,29,30,32). The Balaban J connectivity index is 1.58. The van der Waals surface area contributed by atoms with Gasteiger partial charge < -0.3 is 11.1 Å². The van der Waals surface area contributed by atoms with Crippen LogP contribution < -0.4 is 16.4 Å². The molecule has 8 nitrogen and oxygen atoms in total. The summed E-state index contributed by atoms with van der Waals surface area (Å²) in [5.41, 5.74) is 9.71. The van der Waals surface area contributed by atoms with Gasteiger partial charge in [0.1, 0.15) is 0 Å². The lowest BCUT2D eigenvalue weighted by atomic mass is 10.0. The van der Waals surface area contributed by atoms with Crippen molar-refractivity contribution in [3.63, 3.8) is 0 Å². The molecule has 1 fully saturated rings. The molecule has 1 aliphatic rings. The molecule has 2 aromatic carbocycles. The number of benzene rings is 2. The summed E-state index contributed by atoms with van der Waals surface area (Å²) in [5, 5.41) is 14.1. The zero-order chi connectivity index (χ0) is 22.1. The first-order valence-corrected chi connectivity index (χ1v) is 10.9. The van der Waals surface area contributed by atoms with Gasteiger partial charge in [-0.25, -0.2) is 14.8 Å². The van der Waals surface area contributed by atoms with Crippen molar-refractivity contribution >= 4 is 40.2 Å². The van der Waals surface area contributed by atoms with Gasteiger partial charge in [0.25, 0.3) is 0 Å².